The summed E-state index contributed by atoms with van der Waals surface area (Å²) in [6, 6.07) is 14.8. The zero-order valence-electron chi connectivity index (χ0n) is 20.5. The van der Waals surface area contributed by atoms with Crippen LogP contribution in [0, 0.1) is 10.1 Å². The normalized spacial score (nSPS) is 17.2. The monoisotopic (exact) mass is 524 g/mol. The lowest BCUT2D eigenvalue weighted by molar-refractivity contribution is -0.384. The van der Waals surface area contributed by atoms with Gasteiger partial charge in [-0.1, -0.05) is 29.8 Å². The highest BCUT2D eigenvalue weighted by Gasteiger charge is 2.26. The lowest BCUT2D eigenvalue weighted by Crippen LogP contribution is -2.48. The van der Waals surface area contributed by atoms with Gasteiger partial charge in [0, 0.05) is 81.7 Å². The summed E-state index contributed by atoms with van der Waals surface area (Å²) in [5.41, 5.74) is 2.32. The molecule has 3 aromatic rings. The van der Waals surface area contributed by atoms with E-state index >= 15 is 0 Å². The molecule has 1 amide bonds. The number of benzene rings is 2. The van der Waals surface area contributed by atoms with E-state index in [-0.39, 0.29) is 11.6 Å². The second-order valence-corrected chi connectivity index (χ2v) is 9.73. The number of rotatable bonds is 7. The number of anilines is 1. The van der Waals surface area contributed by atoms with Crippen molar-refractivity contribution in [2.24, 2.45) is 0 Å². The Bertz CT molecular complexity index is 1240. The molecule has 0 bridgehead atoms. The van der Waals surface area contributed by atoms with Crippen LogP contribution in [0.5, 0.6) is 0 Å². The summed E-state index contributed by atoms with van der Waals surface area (Å²) in [4.78, 5) is 36.7. The summed E-state index contributed by atoms with van der Waals surface area (Å²) in [7, 11) is 0. The number of hydrogen-bond acceptors (Lipinski definition) is 8. The van der Waals surface area contributed by atoms with Crippen molar-refractivity contribution in [3.63, 3.8) is 0 Å². The van der Waals surface area contributed by atoms with Gasteiger partial charge in [-0.15, -0.1) is 0 Å². The highest BCUT2D eigenvalue weighted by Crippen LogP contribution is 2.24. The van der Waals surface area contributed by atoms with E-state index in [2.05, 4.69) is 31.8 Å². The Morgan fingerprint density at radius 3 is 2.30 bits per heavy atom. The van der Waals surface area contributed by atoms with Gasteiger partial charge in [-0.2, -0.15) is 0 Å². The summed E-state index contributed by atoms with van der Waals surface area (Å²) >= 11 is 6.26. The van der Waals surface area contributed by atoms with E-state index in [1.165, 1.54) is 18.0 Å². The predicted octanol–water partition coefficient (Wildman–Crippen LogP) is 3.52. The first kappa shape index (κ1) is 25.2. The van der Waals surface area contributed by atoms with Crippen molar-refractivity contribution in [2.45, 2.75) is 13.1 Å². The first-order valence-electron chi connectivity index (χ1n) is 12.4. The third-order valence-corrected chi connectivity index (χ3v) is 7.29. The highest BCUT2D eigenvalue weighted by molar-refractivity contribution is 6.31. The van der Waals surface area contributed by atoms with Gasteiger partial charge in [0.2, 0.25) is 5.89 Å². The van der Waals surface area contributed by atoms with Crippen molar-refractivity contribution in [2.75, 3.05) is 57.3 Å². The number of nitro groups is 1. The fourth-order valence-electron chi connectivity index (χ4n) is 4.78. The van der Waals surface area contributed by atoms with Gasteiger partial charge >= 0.3 is 0 Å². The van der Waals surface area contributed by atoms with Crippen LogP contribution in [-0.4, -0.2) is 82.9 Å². The van der Waals surface area contributed by atoms with Crippen LogP contribution in [0.4, 0.5) is 11.4 Å². The number of amides is 1. The van der Waals surface area contributed by atoms with Gasteiger partial charge in [0.15, 0.2) is 5.69 Å². The molecule has 0 N–H and O–H groups in total. The molecule has 2 aliphatic heterocycles. The largest absolute Gasteiger partial charge is 0.447 e. The molecule has 10 nitrogen and oxygen atoms in total. The maximum atomic E-state index is 13.0. The van der Waals surface area contributed by atoms with E-state index in [1.54, 1.807) is 12.1 Å². The minimum Gasteiger partial charge on any atom is -0.447 e. The average molecular weight is 525 g/mol. The molecule has 5 rings (SSSR count). The second-order valence-electron chi connectivity index (χ2n) is 9.33. The van der Waals surface area contributed by atoms with Crippen molar-refractivity contribution in [3.8, 4) is 0 Å². The van der Waals surface area contributed by atoms with Crippen molar-refractivity contribution in [3.05, 3.63) is 87.1 Å². The van der Waals surface area contributed by atoms with Crippen LogP contribution in [0.1, 0.15) is 21.9 Å². The van der Waals surface area contributed by atoms with Crippen molar-refractivity contribution in [1.29, 1.82) is 0 Å². The molecule has 1 aromatic heterocycles. The number of non-ortho nitro benzene ring substituents is 1. The molecular weight excluding hydrogens is 496 g/mol. The lowest BCUT2D eigenvalue weighted by atomic mass is 10.1. The Labute approximate surface area is 220 Å². The number of nitrogens with zero attached hydrogens (tertiary/aromatic N) is 6. The topological polar surface area (TPSA) is 99.2 Å². The van der Waals surface area contributed by atoms with Gasteiger partial charge in [0.1, 0.15) is 6.26 Å². The number of hydrogen-bond donors (Lipinski definition) is 0. The standard InChI is InChI=1S/C26H29ClN6O4/c27-23-7-6-22(33(35)36)16-20(23)17-29-8-10-30(11-9-29)18-25-28-24(19-37-25)26(34)32-14-12-31(13-15-32)21-4-2-1-3-5-21/h1-7,16,19H,8-15,17-18H2. The third-order valence-electron chi connectivity index (χ3n) is 6.92. The van der Waals surface area contributed by atoms with Gasteiger partial charge < -0.3 is 14.2 Å². The van der Waals surface area contributed by atoms with Crippen LogP contribution in [0.25, 0.3) is 0 Å². The van der Waals surface area contributed by atoms with Crippen molar-refractivity contribution < 1.29 is 14.1 Å². The molecular formula is C26H29ClN6O4. The van der Waals surface area contributed by atoms with Crippen LogP contribution in [0.2, 0.25) is 5.02 Å². The summed E-state index contributed by atoms with van der Waals surface area (Å²) in [6.45, 7) is 7.11. The van der Waals surface area contributed by atoms with Crippen LogP contribution >= 0.6 is 11.6 Å². The number of aromatic nitrogens is 1. The molecule has 37 heavy (non-hydrogen) atoms. The summed E-state index contributed by atoms with van der Waals surface area (Å²) in [5.74, 6) is 0.433. The number of carbonyl (C=O) groups excluding carboxylic acids is 1. The molecule has 11 heteroatoms. The first-order chi connectivity index (χ1) is 18.0. The molecule has 2 aromatic carbocycles. The molecule has 2 saturated heterocycles. The summed E-state index contributed by atoms with van der Waals surface area (Å²) in [6.07, 6.45) is 1.46. The SMILES string of the molecule is O=C(c1coc(CN2CCN(Cc3cc([N+](=O)[O-])ccc3Cl)CC2)n1)N1CCN(c2ccccc2)CC1. The van der Waals surface area contributed by atoms with Crippen molar-refractivity contribution >= 4 is 28.9 Å². The van der Waals surface area contributed by atoms with E-state index in [4.69, 9.17) is 16.0 Å². The molecule has 2 fully saturated rings. The number of halogens is 1. The van der Waals surface area contributed by atoms with Crippen molar-refractivity contribution in [1.82, 2.24) is 19.7 Å². The van der Waals surface area contributed by atoms with Gasteiger partial charge in [-0.25, -0.2) is 4.98 Å². The summed E-state index contributed by atoms with van der Waals surface area (Å²) in [5, 5.41) is 11.6. The molecule has 0 radical (unpaired) electrons. The molecule has 0 atom stereocenters. The van der Waals surface area contributed by atoms with Gasteiger partial charge in [-0.3, -0.25) is 24.7 Å². The molecule has 0 unspecified atom stereocenters. The Morgan fingerprint density at radius 2 is 1.62 bits per heavy atom. The molecule has 194 valence electrons. The molecule has 0 spiro atoms. The molecule has 2 aliphatic rings. The Balaban J connectivity index is 1.09. The lowest BCUT2D eigenvalue weighted by Gasteiger charge is -2.35. The van der Waals surface area contributed by atoms with Crippen LogP contribution in [-0.2, 0) is 13.1 Å². The zero-order valence-corrected chi connectivity index (χ0v) is 21.2. The smallest absolute Gasteiger partial charge is 0.275 e. The number of piperazine rings is 2. The Hall–Kier alpha value is -3.47. The Morgan fingerprint density at radius 1 is 0.946 bits per heavy atom. The highest BCUT2D eigenvalue weighted by atomic mass is 35.5. The molecule has 3 heterocycles. The number of oxazole rings is 1. The molecule has 0 saturated carbocycles. The van der Waals surface area contributed by atoms with Crippen LogP contribution < -0.4 is 4.90 Å². The quantitative estimate of drug-likeness (QED) is 0.342. The minimum absolute atomic E-state index is 0.0466. The van der Waals surface area contributed by atoms with E-state index in [0.29, 0.717) is 42.8 Å². The van der Waals surface area contributed by atoms with Crippen LogP contribution in [0.3, 0.4) is 0 Å². The maximum absolute atomic E-state index is 13.0. The van der Waals surface area contributed by atoms with Gasteiger partial charge in [0.05, 0.1) is 11.5 Å². The van der Waals surface area contributed by atoms with E-state index < -0.39 is 4.92 Å². The zero-order chi connectivity index (χ0) is 25.8. The fourth-order valence-corrected chi connectivity index (χ4v) is 4.96. The molecule has 0 aliphatic carbocycles. The third kappa shape index (κ3) is 6.10. The Kier molecular flexibility index (Phi) is 7.68. The maximum Gasteiger partial charge on any atom is 0.275 e. The minimum atomic E-state index is -0.405. The van der Waals surface area contributed by atoms with E-state index in [1.807, 2.05) is 23.1 Å². The fraction of sp³-hybridized carbons (Fsp3) is 0.385. The number of nitro benzene ring substituents is 1. The first-order valence-corrected chi connectivity index (χ1v) is 12.8. The predicted molar refractivity (Wildman–Crippen MR) is 140 cm³/mol. The van der Waals surface area contributed by atoms with E-state index in [0.717, 1.165) is 44.8 Å². The van der Waals surface area contributed by atoms with Gasteiger partial charge in [-0.05, 0) is 23.8 Å². The number of para-hydroxylation sites is 1. The number of carbonyl (C=O) groups is 1. The second kappa shape index (κ2) is 11.3. The summed E-state index contributed by atoms with van der Waals surface area (Å²) < 4.78 is 5.64. The van der Waals surface area contributed by atoms with E-state index in [9.17, 15) is 14.9 Å². The average Bonchev–Trinajstić information content (AvgIpc) is 3.39. The van der Waals surface area contributed by atoms with Gasteiger partial charge in [0.25, 0.3) is 11.6 Å². The van der Waals surface area contributed by atoms with Crippen LogP contribution in [0.15, 0.2) is 59.2 Å².